The molecule has 1 aromatic heterocycles. The highest BCUT2D eigenvalue weighted by Gasteiger charge is 2.13. The van der Waals surface area contributed by atoms with Crippen LogP contribution in [0.2, 0.25) is 0 Å². The molecule has 0 saturated heterocycles. The zero-order valence-corrected chi connectivity index (χ0v) is 10.2. The minimum atomic E-state index is 0.484. The Hall–Kier alpha value is -1.28. The molecule has 0 amide bonds. The van der Waals surface area contributed by atoms with Gasteiger partial charge in [-0.05, 0) is 37.1 Å². The molecular weight excluding hydrogens is 198 g/mol. The highest BCUT2D eigenvalue weighted by atomic mass is 16.3. The first-order chi connectivity index (χ1) is 7.72. The Balaban J connectivity index is 2.24. The molecule has 2 aromatic rings. The van der Waals surface area contributed by atoms with Crippen LogP contribution in [0.4, 0.5) is 0 Å². The molecule has 0 saturated carbocycles. The number of furan rings is 1. The van der Waals surface area contributed by atoms with Gasteiger partial charge in [-0.25, -0.2) is 0 Å². The lowest BCUT2D eigenvalue weighted by Gasteiger charge is -2.20. The van der Waals surface area contributed by atoms with Crippen LogP contribution in [0.5, 0.6) is 0 Å². The van der Waals surface area contributed by atoms with Crippen molar-refractivity contribution in [3.05, 3.63) is 36.1 Å². The van der Waals surface area contributed by atoms with E-state index in [1.807, 2.05) is 6.07 Å². The van der Waals surface area contributed by atoms with Crippen LogP contribution in [0.25, 0.3) is 11.0 Å². The van der Waals surface area contributed by atoms with Crippen molar-refractivity contribution in [1.29, 1.82) is 0 Å². The largest absolute Gasteiger partial charge is 0.464 e. The fraction of sp³-hybridized carbons (Fsp3) is 0.429. The Morgan fingerprint density at radius 3 is 2.81 bits per heavy atom. The quantitative estimate of drug-likeness (QED) is 0.847. The van der Waals surface area contributed by atoms with Gasteiger partial charge in [0.1, 0.15) is 5.58 Å². The molecule has 1 N–H and O–H groups in total. The van der Waals surface area contributed by atoms with Crippen molar-refractivity contribution in [3.63, 3.8) is 0 Å². The third-order valence-electron chi connectivity index (χ3n) is 3.28. The number of rotatable bonds is 4. The fourth-order valence-electron chi connectivity index (χ4n) is 2.04. The SMILES string of the molecule is CCNC(C)C(C)c1ccc2ccoc2c1. The Morgan fingerprint density at radius 1 is 1.25 bits per heavy atom. The summed E-state index contributed by atoms with van der Waals surface area (Å²) in [7, 11) is 0. The summed E-state index contributed by atoms with van der Waals surface area (Å²) < 4.78 is 5.43. The maximum Gasteiger partial charge on any atom is 0.134 e. The lowest BCUT2D eigenvalue weighted by atomic mass is 9.94. The molecule has 0 aliphatic carbocycles. The number of hydrogen-bond acceptors (Lipinski definition) is 2. The maximum atomic E-state index is 5.43. The van der Waals surface area contributed by atoms with Gasteiger partial charge in [0.15, 0.2) is 0 Å². The van der Waals surface area contributed by atoms with Crippen LogP contribution in [0.15, 0.2) is 34.9 Å². The standard InChI is InChI=1S/C14H19NO/c1-4-15-11(3)10(2)13-6-5-12-7-8-16-14(12)9-13/h5-11,15H,4H2,1-3H3. The van der Waals surface area contributed by atoms with E-state index in [9.17, 15) is 0 Å². The molecule has 0 bridgehead atoms. The number of likely N-dealkylation sites (N-methyl/N-ethyl adjacent to an activating group) is 1. The Bertz CT molecular complexity index is 460. The molecule has 2 rings (SSSR count). The molecule has 86 valence electrons. The molecule has 1 heterocycles. The van der Waals surface area contributed by atoms with Crippen LogP contribution >= 0.6 is 0 Å². The number of fused-ring (bicyclic) bond motifs is 1. The fourth-order valence-corrected chi connectivity index (χ4v) is 2.04. The maximum absolute atomic E-state index is 5.43. The van der Waals surface area contributed by atoms with Gasteiger partial charge in [-0.1, -0.05) is 26.0 Å². The van der Waals surface area contributed by atoms with Crippen molar-refractivity contribution in [3.8, 4) is 0 Å². The van der Waals surface area contributed by atoms with Crippen molar-refractivity contribution in [2.45, 2.75) is 32.7 Å². The first kappa shape index (κ1) is 11.2. The number of benzene rings is 1. The predicted octanol–water partition coefficient (Wildman–Crippen LogP) is 3.53. The van der Waals surface area contributed by atoms with E-state index in [2.05, 4.69) is 44.3 Å². The number of nitrogens with one attached hydrogen (secondary N) is 1. The molecule has 2 heteroatoms. The van der Waals surface area contributed by atoms with Crippen LogP contribution in [-0.4, -0.2) is 12.6 Å². The van der Waals surface area contributed by atoms with Crippen LogP contribution < -0.4 is 5.32 Å². The Morgan fingerprint density at radius 2 is 2.06 bits per heavy atom. The zero-order valence-electron chi connectivity index (χ0n) is 10.2. The van der Waals surface area contributed by atoms with E-state index in [0.29, 0.717) is 12.0 Å². The lowest BCUT2D eigenvalue weighted by molar-refractivity contribution is 0.494. The second-order valence-electron chi connectivity index (χ2n) is 4.35. The molecule has 0 fully saturated rings. The van der Waals surface area contributed by atoms with Crippen LogP contribution in [-0.2, 0) is 0 Å². The third-order valence-corrected chi connectivity index (χ3v) is 3.28. The van der Waals surface area contributed by atoms with Gasteiger partial charge in [-0.3, -0.25) is 0 Å². The van der Waals surface area contributed by atoms with E-state index < -0.39 is 0 Å². The van der Waals surface area contributed by atoms with E-state index in [1.54, 1.807) is 6.26 Å². The highest BCUT2D eigenvalue weighted by molar-refractivity contribution is 5.77. The zero-order chi connectivity index (χ0) is 11.5. The van der Waals surface area contributed by atoms with Crippen molar-refractivity contribution < 1.29 is 4.42 Å². The van der Waals surface area contributed by atoms with E-state index in [0.717, 1.165) is 12.1 Å². The Kier molecular flexibility index (Phi) is 3.30. The molecular formula is C14H19NO. The summed E-state index contributed by atoms with van der Waals surface area (Å²) in [5.74, 6) is 0.495. The van der Waals surface area contributed by atoms with Gasteiger partial charge < -0.3 is 9.73 Å². The van der Waals surface area contributed by atoms with E-state index in [-0.39, 0.29) is 0 Å². The second-order valence-corrected chi connectivity index (χ2v) is 4.35. The van der Waals surface area contributed by atoms with Gasteiger partial charge in [-0.2, -0.15) is 0 Å². The molecule has 2 nitrogen and oxygen atoms in total. The second kappa shape index (κ2) is 4.71. The molecule has 2 atom stereocenters. The van der Waals surface area contributed by atoms with Crippen LogP contribution in [0, 0.1) is 0 Å². The monoisotopic (exact) mass is 217 g/mol. The summed E-state index contributed by atoms with van der Waals surface area (Å²) in [5, 5.41) is 4.63. The smallest absolute Gasteiger partial charge is 0.134 e. The molecule has 0 radical (unpaired) electrons. The van der Waals surface area contributed by atoms with E-state index in [4.69, 9.17) is 4.42 Å². The molecule has 1 aromatic carbocycles. The topological polar surface area (TPSA) is 25.2 Å². The number of hydrogen-bond donors (Lipinski definition) is 1. The Labute approximate surface area is 96.6 Å². The van der Waals surface area contributed by atoms with Crippen molar-refractivity contribution in [1.82, 2.24) is 5.32 Å². The van der Waals surface area contributed by atoms with Crippen molar-refractivity contribution in [2.24, 2.45) is 0 Å². The van der Waals surface area contributed by atoms with Crippen LogP contribution in [0.3, 0.4) is 0 Å². The predicted molar refractivity (Wildman–Crippen MR) is 67.8 cm³/mol. The van der Waals surface area contributed by atoms with Gasteiger partial charge in [0, 0.05) is 11.4 Å². The molecule has 16 heavy (non-hydrogen) atoms. The molecule has 2 unspecified atom stereocenters. The summed E-state index contributed by atoms with van der Waals surface area (Å²) in [6, 6.07) is 8.95. The molecule has 0 aliphatic heterocycles. The summed E-state index contributed by atoms with van der Waals surface area (Å²) in [6.07, 6.45) is 1.74. The van der Waals surface area contributed by atoms with Crippen molar-refractivity contribution >= 4 is 11.0 Å². The van der Waals surface area contributed by atoms with Gasteiger partial charge >= 0.3 is 0 Å². The van der Waals surface area contributed by atoms with Gasteiger partial charge in [0.05, 0.1) is 6.26 Å². The van der Waals surface area contributed by atoms with E-state index in [1.165, 1.54) is 10.9 Å². The normalized spacial score (nSPS) is 15.2. The van der Waals surface area contributed by atoms with E-state index >= 15 is 0 Å². The van der Waals surface area contributed by atoms with Crippen LogP contribution in [0.1, 0.15) is 32.3 Å². The van der Waals surface area contributed by atoms with Gasteiger partial charge in [0.2, 0.25) is 0 Å². The molecule has 0 aliphatic rings. The first-order valence-electron chi connectivity index (χ1n) is 5.93. The average molecular weight is 217 g/mol. The summed E-state index contributed by atoms with van der Waals surface area (Å²) in [4.78, 5) is 0. The van der Waals surface area contributed by atoms with Gasteiger partial charge in [-0.15, -0.1) is 0 Å². The third kappa shape index (κ3) is 2.12. The summed E-state index contributed by atoms with van der Waals surface area (Å²) >= 11 is 0. The minimum absolute atomic E-state index is 0.484. The van der Waals surface area contributed by atoms with Gasteiger partial charge in [0.25, 0.3) is 0 Å². The first-order valence-corrected chi connectivity index (χ1v) is 5.93. The highest BCUT2D eigenvalue weighted by Crippen LogP contribution is 2.24. The summed E-state index contributed by atoms with van der Waals surface area (Å²) in [6.45, 7) is 7.62. The van der Waals surface area contributed by atoms with Crippen molar-refractivity contribution in [2.75, 3.05) is 6.54 Å². The minimum Gasteiger partial charge on any atom is -0.464 e. The lowest BCUT2D eigenvalue weighted by Crippen LogP contribution is -2.30. The molecule has 0 spiro atoms. The summed E-state index contributed by atoms with van der Waals surface area (Å²) in [5.41, 5.74) is 2.31. The average Bonchev–Trinajstić information content (AvgIpc) is 2.75.